The van der Waals surface area contributed by atoms with Crippen LogP contribution in [0, 0.1) is 0 Å². The van der Waals surface area contributed by atoms with Crippen LogP contribution in [-0.4, -0.2) is 60.6 Å². The molecule has 1 unspecified atom stereocenters. The number of hydrogen-bond acceptors (Lipinski definition) is 3. The van der Waals surface area contributed by atoms with Crippen molar-refractivity contribution >= 4 is 0 Å². The monoisotopic (exact) mass is 491 g/mol. The highest BCUT2D eigenvalue weighted by Gasteiger charge is 2.47. The molecular weight excluding hydrogens is 444 g/mol. The summed E-state index contributed by atoms with van der Waals surface area (Å²) in [6.45, 7) is 6.65. The van der Waals surface area contributed by atoms with Crippen molar-refractivity contribution in [1.82, 2.24) is 5.32 Å². The van der Waals surface area contributed by atoms with Gasteiger partial charge in [-0.1, -0.05) is 61.7 Å². The van der Waals surface area contributed by atoms with Gasteiger partial charge < -0.3 is 19.6 Å². The zero-order valence-corrected chi connectivity index (χ0v) is 22.2. The van der Waals surface area contributed by atoms with Crippen molar-refractivity contribution in [2.24, 2.45) is 0 Å². The Morgan fingerprint density at radius 2 is 1.53 bits per heavy atom. The first kappa shape index (κ1) is 25.8. The molecule has 3 aliphatic rings. The van der Waals surface area contributed by atoms with Crippen LogP contribution in [0.25, 0.3) is 0 Å². The second-order valence-electron chi connectivity index (χ2n) is 11.8. The number of nitrogens with one attached hydrogen (secondary N) is 1. The Morgan fingerprint density at radius 1 is 0.861 bits per heavy atom. The molecule has 4 heteroatoms. The number of quaternary nitrogens is 1. The quantitative estimate of drug-likeness (QED) is 0.433. The Bertz CT molecular complexity index is 911. The van der Waals surface area contributed by atoms with E-state index in [2.05, 4.69) is 59.9 Å². The van der Waals surface area contributed by atoms with Gasteiger partial charge in [-0.3, -0.25) is 0 Å². The fourth-order valence-corrected chi connectivity index (χ4v) is 7.38. The maximum absolute atomic E-state index is 12.1. The molecule has 5 rings (SSSR count). The second kappa shape index (κ2) is 12.1. The molecule has 1 saturated carbocycles. The van der Waals surface area contributed by atoms with Crippen molar-refractivity contribution in [3.63, 3.8) is 0 Å². The van der Waals surface area contributed by atoms with Crippen molar-refractivity contribution < 1.29 is 14.3 Å². The lowest BCUT2D eigenvalue weighted by Gasteiger charge is -2.52. The molecular formula is C32H47N2O2+. The van der Waals surface area contributed by atoms with Gasteiger partial charge >= 0.3 is 0 Å². The highest BCUT2D eigenvalue weighted by molar-refractivity contribution is 5.31. The van der Waals surface area contributed by atoms with E-state index in [9.17, 15) is 5.11 Å². The van der Waals surface area contributed by atoms with Gasteiger partial charge in [-0.05, 0) is 55.4 Å². The third kappa shape index (κ3) is 6.15. The number of hydrogen-bond donors (Lipinski definition) is 2. The Labute approximate surface area is 218 Å². The van der Waals surface area contributed by atoms with Crippen LogP contribution in [0.3, 0.4) is 0 Å². The van der Waals surface area contributed by atoms with E-state index in [0.29, 0.717) is 6.61 Å². The molecule has 36 heavy (non-hydrogen) atoms. The number of likely N-dealkylation sites (tertiary alicyclic amines) is 1. The van der Waals surface area contributed by atoms with E-state index in [1.165, 1.54) is 67.2 Å². The summed E-state index contributed by atoms with van der Waals surface area (Å²) in [6, 6.07) is 20.1. The maximum atomic E-state index is 12.1. The van der Waals surface area contributed by atoms with E-state index in [4.69, 9.17) is 4.74 Å². The average molecular weight is 492 g/mol. The number of rotatable bonds is 9. The summed E-state index contributed by atoms with van der Waals surface area (Å²) in [6.07, 6.45) is 13.0. The van der Waals surface area contributed by atoms with E-state index < -0.39 is 5.60 Å². The molecule has 196 valence electrons. The van der Waals surface area contributed by atoms with Crippen LogP contribution in [0.15, 0.2) is 54.6 Å². The largest absolute Gasteiger partial charge is 0.493 e. The summed E-state index contributed by atoms with van der Waals surface area (Å²) in [5.41, 5.74) is 2.04. The van der Waals surface area contributed by atoms with Gasteiger partial charge in [0.25, 0.3) is 0 Å². The minimum atomic E-state index is -0.580. The van der Waals surface area contributed by atoms with Crippen LogP contribution >= 0.6 is 0 Å². The number of nitrogens with zero attached hydrogens (tertiary/aromatic N) is 1. The molecule has 1 atom stereocenters. The first-order valence-corrected chi connectivity index (χ1v) is 14.7. The van der Waals surface area contributed by atoms with Crippen LogP contribution < -0.4 is 10.1 Å². The third-order valence-corrected chi connectivity index (χ3v) is 9.49. The molecule has 2 N–H and O–H groups in total. The van der Waals surface area contributed by atoms with E-state index in [1.807, 2.05) is 0 Å². The van der Waals surface area contributed by atoms with Crippen molar-refractivity contribution in [2.45, 2.75) is 88.2 Å². The second-order valence-corrected chi connectivity index (χ2v) is 11.8. The highest BCUT2D eigenvalue weighted by Crippen LogP contribution is 2.43. The first-order chi connectivity index (χ1) is 17.7. The lowest BCUT2D eigenvalue weighted by Crippen LogP contribution is -2.63. The van der Waals surface area contributed by atoms with Gasteiger partial charge in [0.2, 0.25) is 0 Å². The SMILES string of the molecule is OC1(C(C[N+]2(C3CCNCC3)CCCCC2)c2ccc(OCCc3ccccc3)cc2)CCCCC1. The predicted molar refractivity (Wildman–Crippen MR) is 147 cm³/mol. The minimum absolute atomic E-state index is 0.198. The lowest BCUT2D eigenvalue weighted by atomic mass is 9.71. The van der Waals surface area contributed by atoms with Crippen LogP contribution in [0.4, 0.5) is 0 Å². The Kier molecular flexibility index (Phi) is 8.66. The standard InChI is InChI=1S/C32H47N2O2/c35-32(19-6-2-7-20-32)31(26-34(23-8-3-9-24-34)29-16-21-33-22-17-29)28-12-14-30(15-13-28)36-25-18-27-10-4-1-5-11-27/h1,4-5,10-15,29,31,33,35H,2-3,6-9,16-26H2/q+1. The fourth-order valence-electron chi connectivity index (χ4n) is 7.38. The topological polar surface area (TPSA) is 41.5 Å². The summed E-state index contributed by atoms with van der Waals surface area (Å²) >= 11 is 0. The summed E-state index contributed by atoms with van der Waals surface area (Å²) in [4.78, 5) is 0. The molecule has 1 aliphatic carbocycles. The van der Waals surface area contributed by atoms with Crippen LogP contribution in [0.1, 0.15) is 81.3 Å². The summed E-state index contributed by atoms with van der Waals surface area (Å²) in [5, 5.41) is 15.7. The molecule has 2 aromatic carbocycles. The molecule has 2 saturated heterocycles. The van der Waals surface area contributed by atoms with E-state index in [0.717, 1.165) is 63.5 Å². The molecule has 0 radical (unpaired) electrons. The smallest absolute Gasteiger partial charge is 0.119 e. The Morgan fingerprint density at radius 3 is 2.22 bits per heavy atom. The van der Waals surface area contributed by atoms with Gasteiger partial charge in [0, 0.05) is 32.4 Å². The zero-order valence-electron chi connectivity index (χ0n) is 22.2. The average Bonchev–Trinajstić information content (AvgIpc) is 2.94. The molecule has 4 nitrogen and oxygen atoms in total. The fraction of sp³-hybridized carbons (Fsp3) is 0.625. The highest BCUT2D eigenvalue weighted by atomic mass is 16.5. The zero-order chi connectivity index (χ0) is 24.7. The van der Waals surface area contributed by atoms with Crippen LogP contribution in [-0.2, 0) is 6.42 Å². The molecule has 0 amide bonds. The first-order valence-electron chi connectivity index (χ1n) is 14.7. The number of ether oxygens (including phenoxy) is 1. The Hall–Kier alpha value is -1.88. The van der Waals surface area contributed by atoms with E-state index in [-0.39, 0.29) is 5.92 Å². The van der Waals surface area contributed by atoms with E-state index >= 15 is 0 Å². The molecule has 2 heterocycles. The normalized spacial score (nSPS) is 23.1. The Balaban J connectivity index is 1.34. The summed E-state index contributed by atoms with van der Waals surface area (Å²) in [5.74, 6) is 1.13. The summed E-state index contributed by atoms with van der Waals surface area (Å²) in [7, 11) is 0. The van der Waals surface area contributed by atoms with Crippen molar-refractivity contribution in [3.05, 3.63) is 65.7 Å². The summed E-state index contributed by atoms with van der Waals surface area (Å²) < 4.78 is 7.33. The van der Waals surface area contributed by atoms with Gasteiger partial charge in [-0.25, -0.2) is 0 Å². The number of aliphatic hydroxyl groups is 1. The van der Waals surface area contributed by atoms with Crippen molar-refractivity contribution in [3.8, 4) is 5.75 Å². The van der Waals surface area contributed by atoms with Gasteiger partial charge in [0.15, 0.2) is 0 Å². The molecule has 0 spiro atoms. The van der Waals surface area contributed by atoms with Crippen molar-refractivity contribution in [1.29, 1.82) is 0 Å². The molecule has 0 aromatic heterocycles. The van der Waals surface area contributed by atoms with Gasteiger partial charge in [-0.2, -0.15) is 0 Å². The minimum Gasteiger partial charge on any atom is -0.493 e. The van der Waals surface area contributed by atoms with Crippen LogP contribution in [0.2, 0.25) is 0 Å². The molecule has 3 fully saturated rings. The molecule has 0 bridgehead atoms. The van der Waals surface area contributed by atoms with Gasteiger partial charge in [0.05, 0.1) is 43.8 Å². The predicted octanol–water partition coefficient (Wildman–Crippen LogP) is 5.84. The lowest BCUT2D eigenvalue weighted by molar-refractivity contribution is -0.958. The third-order valence-electron chi connectivity index (χ3n) is 9.49. The number of piperidine rings is 2. The van der Waals surface area contributed by atoms with Crippen molar-refractivity contribution in [2.75, 3.05) is 39.3 Å². The van der Waals surface area contributed by atoms with Crippen LogP contribution in [0.5, 0.6) is 5.75 Å². The number of benzene rings is 2. The van der Waals surface area contributed by atoms with Gasteiger partial charge in [0.1, 0.15) is 5.75 Å². The molecule has 2 aromatic rings. The molecule has 2 aliphatic heterocycles. The van der Waals surface area contributed by atoms with Gasteiger partial charge in [-0.15, -0.1) is 0 Å². The maximum Gasteiger partial charge on any atom is 0.119 e. The van der Waals surface area contributed by atoms with E-state index in [1.54, 1.807) is 0 Å².